The van der Waals surface area contributed by atoms with E-state index in [-0.39, 0.29) is 6.29 Å². The van der Waals surface area contributed by atoms with Gasteiger partial charge in [-0.15, -0.1) is 0 Å². The summed E-state index contributed by atoms with van der Waals surface area (Å²) in [5.74, 6) is 0.678. The molecule has 90 valence electrons. The summed E-state index contributed by atoms with van der Waals surface area (Å²) in [6.45, 7) is 9.18. The van der Waals surface area contributed by atoms with Crippen LogP contribution in [0.4, 0.5) is 0 Å². The first-order chi connectivity index (χ1) is 7.50. The molecule has 0 unspecified atom stereocenters. The molecule has 0 aromatic rings. The number of allylic oxidation sites excluding steroid dienone is 1. The van der Waals surface area contributed by atoms with Crippen LogP contribution < -0.4 is 0 Å². The molecule has 1 heterocycles. The Morgan fingerprint density at radius 1 is 1.19 bits per heavy atom. The van der Waals surface area contributed by atoms with Crippen molar-refractivity contribution in [3.63, 3.8) is 0 Å². The quantitative estimate of drug-likeness (QED) is 0.635. The van der Waals surface area contributed by atoms with E-state index in [1.165, 1.54) is 12.8 Å². The average Bonchev–Trinajstić information content (AvgIpc) is 2.75. The van der Waals surface area contributed by atoms with Gasteiger partial charge in [-0.3, -0.25) is 0 Å². The molecule has 2 saturated carbocycles. The third kappa shape index (κ3) is 1.05. The first kappa shape index (κ1) is 10.8. The predicted molar refractivity (Wildman–Crippen MR) is 63.0 cm³/mol. The van der Waals surface area contributed by atoms with Crippen molar-refractivity contribution in [2.24, 2.45) is 16.7 Å². The van der Waals surface area contributed by atoms with Crippen molar-refractivity contribution < 1.29 is 9.47 Å². The SMILES string of the molecule is C/C=C/[C@@H]1O[C@@H]2[C@H]3CC[C@@](C)([C@@H]2O1)C3(C)C. The van der Waals surface area contributed by atoms with Crippen molar-refractivity contribution >= 4 is 0 Å². The Balaban J connectivity index is 1.91. The highest BCUT2D eigenvalue weighted by atomic mass is 16.7. The van der Waals surface area contributed by atoms with E-state index in [9.17, 15) is 0 Å². The van der Waals surface area contributed by atoms with Gasteiger partial charge in [0.25, 0.3) is 0 Å². The summed E-state index contributed by atoms with van der Waals surface area (Å²) >= 11 is 0. The highest BCUT2D eigenvalue weighted by molar-refractivity contribution is 5.18. The lowest BCUT2D eigenvalue weighted by atomic mass is 9.70. The molecular formula is C14H22O2. The second-order valence-electron chi connectivity index (χ2n) is 6.34. The number of ether oxygens (including phenoxy) is 2. The molecule has 0 spiro atoms. The molecule has 1 aliphatic heterocycles. The van der Waals surface area contributed by atoms with Gasteiger partial charge in [-0.25, -0.2) is 0 Å². The number of fused-ring (bicyclic) bond motifs is 5. The predicted octanol–water partition coefficient (Wildman–Crippen LogP) is 3.13. The molecule has 5 atom stereocenters. The van der Waals surface area contributed by atoms with E-state index in [1.54, 1.807) is 0 Å². The van der Waals surface area contributed by atoms with Gasteiger partial charge in [-0.05, 0) is 37.2 Å². The molecule has 0 N–H and O–H groups in total. The van der Waals surface area contributed by atoms with E-state index in [2.05, 4.69) is 20.8 Å². The minimum atomic E-state index is -0.101. The lowest BCUT2D eigenvalue weighted by Gasteiger charge is -2.37. The van der Waals surface area contributed by atoms with Crippen LogP contribution in [0.2, 0.25) is 0 Å². The fourth-order valence-corrected chi connectivity index (χ4v) is 4.19. The van der Waals surface area contributed by atoms with Gasteiger partial charge < -0.3 is 9.47 Å². The molecule has 2 nitrogen and oxygen atoms in total. The van der Waals surface area contributed by atoms with E-state index in [0.717, 1.165) is 0 Å². The van der Waals surface area contributed by atoms with Crippen LogP contribution in [0.25, 0.3) is 0 Å². The van der Waals surface area contributed by atoms with Crippen molar-refractivity contribution in [2.45, 2.75) is 59.0 Å². The Morgan fingerprint density at radius 3 is 2.56 bits per heavy atom. The Morgan fingerprint density at radius 2 is 1.94 bits per heavy atom. The largest absolute Gasteiger partial charge is 0.343 e. The molecule has 0 aromatic carbocycles. The van der Waals surface area contributed by atoms with Gasteiger partial charge in [0.05, 0.1) is 12.2 Å². The third-order valence-electron chi connectivity index (χ3n) is 5.62. The molecule has 3 fully saturated rings. The van der Waals surface area contributed by atoms with E-state index in [1.807, 2.05) is 19.1 Å². The fraction of sp³-hybridized carbons (Fsp3) is 0.857. The molecule has 2 bridgehead atoms. The number of hydrogen-bond acceptors (Lipinski definition) is 2. The van der Waals surface area contributed by atoms with Crippen LogP contribution in [0, 0.1) is 16.7 Å². The molecule has 2 heteroatoms. The lowest BCUT2D eigenvalue weighted by molar-refractivity contribution is -0.0850. The van der Waals surface area contributed by atoms with E-state index >= 15 is 0 Å². The smallest absolute Gasteiger partial charge is 0.177 e. The van der Waals surface area contributed by atoms with Crippen molar-refractivity contribution in [1.82, 2.24) is 0 Å². The summed E-state index contributed by atoms with van der Waals surface area (Å²) in [6.07, 6.45) is 7.16. The maximum Gasteiger partial charge on any atom is 0.177 e. The lowest BCUT2D eigenvalue weighted by Crippen LogP contribution is -2.38. The molecule has 0 radical (unpaired) electrons. The summed E-state index contributed by atoms with van der Waals surface area (Å²) in [6, 6.07) is 0. The summed E-state index contributed by atoms with van der Waals surface area (Å²) in [5.41, 5.74) is 0.669. The van der Waals surface area contributed by atoms with Gasteiger partial charge in [0.2, 0.25) is 0 Å². The average molecular weight is 222 g/mol. The standard InChI is InChI=1S/C14H22O2/c1-5-6-10-15-11-9-7-8-14(4,12(11)16-10)13(9,2)3/h5-6,9-12H,7-8H2,1-4H3/b6-5+/t9-,10-,11-,12-,14+/m1/s1. The fourth-order valence-electron chi connectivity index (χ4n) is 4.19. The van der Waals surface area contributed by atoms with Crippen LogP contribution in [0.1, 0.15) is 40.5 Å². The van der Waals surface area contributed by atoms with E-state index < -0.39 is 0 Å². The summed E-state index contributed by atoms with van der Waals surface area (Å²) in [4.78, 5) is 0. The van der Waals surface area contributed by atoms with Gasteiger partial charge in [-0.1, -0.05) is 26.8 Å². The zero-order valence-electron chi connectivity index (χ0n) is 10.7. The second-order valence-corrected chi connectivity index (χ2v) is 6.34. The van der Waals surface area contributed by atoms with Crippen molar-refractivity contribution in [2.75, 3.05) is 0 Å². The first-order valence-corrected chi connectivity index (χ1v) is 6.44. The van der Waals surface area contributed by atoms with Crippen LogP contribution >= 0.6 is 0 Å². The topological polar surface area (TPSA) is 18.5 Å². The molecule has 16 heavy (non-hydrogen) atoms. The van der Waals surface area contributed by atoms with Crippen molar-refractivity contribution in [1.29, 1.82) is 0 Å². The minimum Gasteiger partial charge on any atom is -0.343 e. The van der Waals surface area contributed by atoms with Gasteiger partial charge >= 0.3 is 0 Å². The monoisotopic (exact) mass is 222 g/mol. The molecule has 3 rings (SSSR count). The third-order valence-corrected chi connectivity index (χ3v) is 5.62. The minimum absolute atomic E-state index is 0.101. The molecule has 0 amide bonds. The molecule has 0 aromatic heterocycles. The van der Waals surface area contributed by atoms with Gasteiger partial charge in [0.15, 0.2) is 6.29 Å². The first-order valence-electron chi connectivity index (χ1n) is 6.44. The zero-order valence-corrected chi connectivity index (χ0v) is 10.7. The van der Waals surface area contributed by atoms with E-state index in [0.29, 0.717) is 29.0 Å². The van der Waals surface area contributed by atoms with Crippen LogP contribution in [0.3, 0.4) is 0 Å². The van der Waals surface area contributed by atoms with Crippen molar-refractivity contribution in [3.8, 4) is 0 Å². The van der Waals surface area contributed by atoms with Gasteiger partial charge in [-0.2, -0.15) is 0 Å². The van der Waals surface area contributed by atoms with Crippen molar-refractivity contribution in [3.05, 3.63) is 12.2 Å². The number of hydrogen-bond donors (Lipinski definition) is 0. The Bertz CT molecular complexity index is 334. The molecule has 3 aliphatic rings. The summed E-state index contributed by atoms with van der Waals surface area (Å²) in [7, 11) is 0. The van der Waals surface area contributed by atoms with Gasteiger partial charge in [0.1, 0.15) is 0 Å². The molecule has 1 saturated heterocycles. The number of rotatable bonds is 1. The highest BCUT2D eigenvalue weighted by Crippen LogP contribution is 2.68. The highest BCUT2D eigenvalue weighted by Gasteiger charge is 2.69. The van der Waals surface area contributed by atoms with Gasteiger partial charge in [0, 0.05) is 5.41 Å². The van der Waals surface area contributed by atoms with Crippen LogP contribution in [0.15, 0.2) is 12.2 Å². The zero-order chi connectivity index (χ0) is 11.6. The second kappa shape index (κ2) is 3.11. The molecule has 2 aliphatic carbocycles. The Hall–Kier alpha value is -0.340. The van der Waals surface area contributed by atoms with Crippen LogP contribution in [-0.4, -0.2) is 18.5 Å². The maximum atomic E-state index is 6.09. The Kier molecular flexibility index (Phi) is 2.10. The summed E-state index contributed by atoms with van der Waals surface area (Å²) < 4.78 is 12.1. The molecular weight excluding hydrogens is 200 g/mol. The van der Waals surface area contributed by atoms with Crippen LogP contribution in [-0.2, 0) is 9.47 Å². The van der Waals surface area contributed by atoms with Crippen LogP contribution in [0.5, 0.6) is 0 Å². The summed E-state index contributed by atoms with van der Waals surface area (Å²) in [5, 5.41) is 0. The maximum absolute atomic E-state index is 6.09. The Labute approximate surface area is 98.0 Å². The normalized spacial score (nSPS) is 53.8. The van der Waals surface area contributed by atoms with E-state index in [4.69, 9.17) is 9.47 Å².